The molecule has 0 atom stereocenters. The summed E-state index contributed by atoms with van der Waals surface area (Å²) in [4.78, 5) is 4.27. The van der Waals surface area contributed by atoms with Crippen molar-refractivity contribution in [1.29, 1.82) is 0 Å². The van der Waals surface area contributed by atoms with Gasteiger partial charge in [0.1, 0.15) is 0 Å². The van der Waals surface area contributed by atoms with Gasteiger partial charge in [-0.15, -0.1) is 0 Å². The molecule has 2 aromatic rings. The molecule has 0 aliphatic carbocycles. The van der Waals surface area contributed by atoms with E-state index >= 15 is 0 Å². The highest BCUT2D eigenvalue weighted by molar-refractivity contribution is 5.82. The topological polar surface area (TPSA) is 56.9 Å². The minimum absolute atomic E-state index is 0.274. The van der Waals surface area contributed by atoms with Gasteiger partial charge in [0.25, 0.3) is 5.88 Å². The van der Waals surface area contributed by atoms with Gasteiger partial charge in [-0.2, -0.15) is 0 Å². The quantitative estimate of drug-likeness (QED) is 0.762. The van der Waals surface area contributed by atoms with Crippen molar-refractivity contribution in [2.24, 2.45) is 4.99 Å². The molecule has 0 fully saturated rings. The molecular weight excluding hydrogens is 232 g/mol. The van der Waals surface area contributed by atoms with Crippen molar-refractivity contribution in [3.8, 4) is 11.5 Å². The van der Waals surface area contributed by atoms with Gasteiger partial charge >= 0.3 is 0 Å². The van der Waals surface area contributed by atoms with Gasteiger partial charge in [-0.3, -0.25) is 0 Å². The molecular formula is C13H12N2O3. The van der Waals surface area contributed by atoms with Crippen LogP contribution in [-0.4, -0.2) is 18.2 Å². The van der Waals surface area contributed by atoms with Crippen LogP contribution in [0.3, 0.4) is 0 Å². The number of aryl methyl sites for hydroxylation is 1. The number of hydrogen-bond acceptors (Lipinski definition) is 5. The lowest BCUT2D eigenvalue weighted by atomic mass is 10.2. The van der Waals surface area contributed by atoms with Crippen LogP contribution in [0.25, 0.3) is 0 Å². The highest BCUT2D eigenvalue weighted by Gasteiger charge is 2.12. The molecule has 0 spiro atoms. The molecule has 0 amide bonds. The lowest BCUT2D eigenvalue weighted by Gasteiger charge is -1.96. The van der Waals surface area contributed by atoms with Crippen molar-refractivity contribution in [2.45, 2.75) is 13.8 Å². The van der Waals surface area contributed by atoms with Gasteiger partial charge in [0, 0.05) is 11.8 Å². The number of ether oxygens (including phenoxy) is 2. The Bertz CT molecular complexity index is 617. The van der Waals surface area contributed by atoms with Crippen LogP contribution in [0.4, 0.5) is 5.88 Å². The normalized spacial score (nSPS) is 13.4. The third kappa shape index (κ3) is 1.84. The fraction of sp³-hybridized carbons (Fsp3) is 0.231. The summed E-state index contributed by atoms with van der Waals surface area (Å²) in [6.45, 7) is 4.09. The molecule has 1 aliphatic rings. The molecule has 0 saturated heterocycles. The summed E-state index contributed by atoms with van der Waals surface area (Å²) in [6, 6.07) is 5.65. The van der Waals surface area contributed by atoms with Crippen molar-refractivity contribution in [2.75, 3.05) is 6.79 Å². The van der Waals surface area contributed by atoms with Crippen molar-refractivity contribution in [3.63, 3.8) is 0 Å². The first-order chi connectivity index (χ1) is 8.74. The highest BCUT2D eigenvalue weighted by atomic mass is 16.7. The monoisotopic (exact) mass is 244 g/mol. The van der Waals surface area contributed by atoms with Crippen LogP contribution in [-0.2, 0) is 0 Å². The molecule has 5 nitrogen and oxygen atoms in total. The zero-order valence-corrected chi connectivity index (χ0v) is 10.1. The smallest absolute Gasteiger partial charge is 0.253 e. The third-order valence-corrected chi connectivity index (χ3v) is 2.86. The Kier molecular flexibility index (Phi) is 2.51. The molecule has 3 rings (SSSR count). The van der Waals surface area contributed by atoms with Crippen LogP contribution in [0.15, 0.2) is 27.7 Å². The molecule has 2 heterocycles. The zero-order valence-electron chi connectivity index (χ0n) is 10.1. The Morgan fingerprint density at radius 1 is 1.22 bits per heavy atom. The summed E-state index contributed by atoms with van der Waals surface area (Å²) in [5.41, 5.74) is 2.73. The van der Waals surface area contributed by atoms with Gasteiger partial charge in [0.2, 0.25) is 6.79 Å². The van der Waals surface area contributed by atoms with Crippen molar-refractivity contribution >= 4 is 12.1 Å². The minimum atomic E-state index is 0.274. The van der Waals surface area contributed by atoms with Gasteiger partial charge in [-0.05, 0) is 37.6 Å². The van der Waals surface area contributed by atoms with Crippen LogP contribution < -0.4 is 9.47 Å². The van der Waals surface area contributed by atoms with E-state index in [0.717, 1.165) is 28.3 Å². The van der Waals surface area contributed by atoms with Crippen LogP contribution in [0.5, 0.6) is 11.5 Å². The minimum Gasteiger partial charge on any atom is -0.454 e. The van der Waals surface area contributed by atoms with Gasteiger partial charge in [0.05, 0.1) is 5.69 Å². The Balaban J connectivity index is 1.86. The molecule has 0 saturated carbocycles. The molecule has 0 bridgehead atoms. The maximum atomic E-state index is 5.30. The first-order valence-corrected chi connectivity index (χ1v) is 5.60. The number of hydrogen-bond donors (Lipinski definition) is 0. The van der Waals surface area contributed by atoms with E-state index in [1.54, 1.807) is 6.21 Å². The summed E-state index contributed by atoms with van der Waals surface area (Å²) in [6.07, 6.45) is 1.72. The number of nitrogens with zero attached hydrogens (tertiary/aromatic N) is 2. The van der Waals surface area contributed by atoms with E-state index in [9.17, 15) is 0 Å². The average Bonchev–Trinajstić information content (AvgIpc) is 2.96. The largest absolute Gasteiger partial charge is 0.454 e. The maximum Gasteiger partial charge on any atom is 0.253 e. The molecule has 18 heavy (non-hydrogen) atoms. The third-order valence-electron chi connectivity index (χ3n) is 2.86. The molecule has 1 aliphatic heterocycles. The highest BCUT2D eigenvalue weighted by Crippen LogP contribution is 2.32. The van der Waals surface area contributed by atoms with Gasteiger partial charge in [-0.1, -0.05) is 5.16 Å². The molecule has 1 aromatic heterocycles. The number of fused-ring (bicyclic) bond motifs is 1. The molecule has 92 valence electrons. The van der Waals surface area contributed by atoms with E-state index in [0.29, 0.717) is 5.88 Å². The second-order valence-corrected chi connectivity index (χ2v) is 4.07. The molecule has 1 aromatic carbocycles. The predicted octanol–water partition coefficient (Wildman–Crippen LogP) is 2.77. The lowest BCUT2D eigenvalue weighted by Crippen LogP contribution is -1.92. The van der Waals surface area contributed by atoms with Gasteiger partial charge < -0.3 is 14.0 Å². The number of rotatable bonds is 2. The Morgan fingerprint density at radius 2 is 2.06 bits per heavy atom. The summed E-state index contributed by atoms with van der Waals surface area (Å²) >= 11 is 0. The predicted molar refractivity (Wildman–Crippen MR) is 65.8 cm³/mol. The maximum absolute atomic E-state index is 5.30. The Labute approximate surface area is 104 Å². The van der Waals surface area contributed by atoms with Crippen LogP contribution >= 0.6 is 0 Å². The molecule has 0 radical (unpaired) electrons. The second kappa shape index (κ2) is 4.18. The summed E-state index contributed by atoms with van der Waals surface area (Å²) < 4.78 is 15.6. The summed E-state index contributed by atoms with van der Waals surface area (Å²) in [7, 11) is 0. The fourth-order valence-electron chi connectivity index (χ4n) is 1.65. The van der Waals surface area contributed by atoms with E-state index in [4.69, 9.17) is 14.0 Å². The van der Waals surface area contributed by atoms with E-state index in [1.807, 2.05) is 32.0 Å². The van der Waals surface area contributed by atoms with E-state index in [-0.39, 0.29) is 6.79 Å². The first kappa shape index (κ1) is 10.8. The molecule has 5 heteroatoms. The van der Waals surface area contributed by atoms with Gasteiger partial charge in [-0.25, -0.2) is 4.99 Å². The summed E-state index contributed by atoms with van der Waals surface area (Å²) in [5, 5.41) is 3.85. The lowest BCUT2D eigenvalue weighted by molar-refractivity contribution is 0.174. The van der Waals surface area contributed by atoms with Gasteiger partial charge in [0.15, 0.2) is 11.5 Å². The standard InChI is InChI=1S/C13H12N2O3/c1-8-9(2)15-18-13(8)14-6-10-3-4-11-12(5-10)17-7-16-11/h3-6H,7H2,1-2H3/b14-6+. The summed E-state index contributed by atoms with van der Waals surface area (Å²) in [5.74, 6) is 2.04. The van der Waals surface area contributed by atoms with E-state index < -0.39 is 0 Å². The second-order valence-electron chi connectivity index (χ2n) is 4.07. The van der Waals surface area contributed by atoms with E-state index in [2.05, 4.69) is 10.1 Å². The number of aromatic nitrogens is 1. The van der Waals surface area contributed by atoms with Crippen molar-refractivity contribution in [3.05, 3.63) is 35.0 Å². The first-order valence-electron chi connectivity index (χ1n) is 5.60. The van der Waals surface area contributed by atoms with Crippen molar-refractivity contribution in [1.82, 2.24) is 5.16 Å². The zero-order chi connectivity index (χ0) is 12.5. The SMILES string of the molecule is Cc1noc(/N=C/c2ccc3c(c2)OCO3)c1C. The average molecular weight is 244 g/mol. The van der Waals surface area contributed by atoms with E-state index in [1.165, 1.54) is 0 Å². The fourth-order valence-corrected chi connectivity index (χ4v) is 1.65. The molecule has 0 unspecified atom stereocenters. The van der Waals surface area contributed by atoms with Crippen LogP contribution in [0.1, 0.15) is 16.8 Å². The van der Waals surface area contributed by atoms with Crippen molar-refractivity contribution < 1.29 is 14.0 Å². The van der Waals surface area contributed by atoms with Crippen LogP contribution in [0.2, 0.25) is 0 Å². The molecule has 0 N–H and O–H groups in total. The van der Waals surface area contributed by atoms with Crippen LogP contribution in [0, 0.1) is 13.8 Å². The number of aliphatic imine (C=N–C) groups is 1. The Hall–Kier alpha value is -2.30. The number of benzene rings is 1. The Morgan fingerprint density at radius 3 is 2.83 bits per heavy atom.